The summed E-state index contributed by atoms with van der Waals surface area (Å²) in [4.78, 5) is 32.9. The van der Waals surface area contributed by atoms with Crippen LogP contribution in [0.4, 0.5) is 5.69 Å². The molecule has 0 aliphatic carbocycles. The van der Waals surface area contributed by atoms with Crippen LogP contribution in [-0.4, -0.2) is 21.8 Å². The number of aliphatic hydroxyl groups is 1. The van der Waals surface area contributed by atoms with Gasteiger partial charge in [-0.3, -0.25) is 14.5 Å². The number of Topliss-reactive ketones (excluding diaryl/α,β-unsaturated/α-hetero) is 1. The molecule has 1 amide bonds. The number of hydrogen-bond donors (Lipinski definition) is 1. The summed E-state index contributed by atoms with van der Waals surface area (Å²) in [6.07, 6.45) is 0. The topological polar surface area (TPSA) is 83.6 Å². The van der Waals surface area contributed by atoms with Gasteiger partial charge in [0.05, 0.1) is 21.2 Å². The molecule has 0 radical (unpaired) electrons. The lowest BCUT2D eigenvalue weighted by atomic mass is 9.98. The molecule has 0 bridgehead atoms. The van der Waals surface area contributed by atoms with E-state index in [0.29, 0.717) is 27.8 Å². The second-order valence-corrected chi connectivity index (χ2v) is 8.69. The zero-order chi connectivity index (χ0) is 21.7. The quantitative estimate of drug-likeness (QED) is 0.594. The van der Waals surface area contributed by atoms with E-state index >= 15 is 0 Å². The lowest BCUT2D eigenvalue weighted by molar-refractivity contribution is -0.117. The van der Waals surface area contributed by atoms with Crippen LogP contribution in [0.1, 0.15) is 49.1 Å². The van der Waals surface area contributed by atoms with Gasteiger partial charge in [0, 0.05) is 5.69 Å². The number of aryl methyl sites for hydroxylation is 4. The minimum atomic E-state index is -0.860. The average molecular weight is 423 g/mol. The van der Waals surface area contributed by atoms with Gasteiger partial charge >= 0.3 is 0 Å². The number of anilines is 1. The summed E-state index contributed by atoms with van der Waals surface area (Å²) in [5.74, 6) is -0.499. The third-order valence-corrected chi connectivity index (χ3v) is 6.50. The zero-order valence-electron chi connectivity index (χ0n) is 17.4. The van der Waals surface area contributed by atoms with E-state index in [1.807, 2.05) is 39.0 Å². The Labute approximate surface area is 178 Å². The molecule has 0 saturated carbocycles. The van der Waals surface area contributed by atoms with Crippen molar-refractivity contribution in [3.05, 3.63) is 79.9 Å². The molecule has 1 unspecified atom stereocenters. The van der Waals surface area contributed by atoms with Gasteiger partial charge in [-0.25, -0.2) is 4.98 Å². The number of thiazole rings is 1. The summed E-state index contributed by atoms with van der Waals surface area (Å²) >= 11 is 1.25. The van der Waals surface area contributed by atoms with E-state index < -0.39 is 23.5 Å². The predicted octanol–water partition coefficient (Wildman–Crippen LogP) is 5.06. The Hall–Kier alpha value is -3.19. The van der Waals surface area contributed by atoms with Crippen molar-refractivity contribution in [1.29, 1.82) is 0 Å². The van der Waals surface area contributed by atoms with Crippen LogP contribution in [0, 0.1) is 34.6 Å². The molecule has 1 aromatic carbocycles. The number of rotatable bonds is 4. The summed E-state index contributed by atoms with van der Waals surface area (Å²) in [6, 6.07) is 8.27. The number of ketones is 1. The summed E-state index contributed by atoms with van der Waals surface area (Å²) in [6.45, 7) is 9.23. The van der Waals surface area contributed by atoms with Gasteiger partial charge in [0.15, 0.2) is 5.76 Å². The molecule has 1 aliphatic heterocycles. The number of carbonyl (C=O) groups is 2. The Morgan fingerprint density at radius 1 is 1.13 bits per heavy atom. The van der Waals surface area contributed by atoms with E-state index in [4.69, 9.17) is 4.42 Å². The number of benzene rings is 1. The van der Waals surface area contributed by atoms with Crippen molar-refractivity contribution in [2.75, 3.05) is 4.90 Å². The van der Waals surface area contributed by atoms with Crippen molar-refractivity contribution in [2.24, 2.45) is 0 Å². The van der Waals surface area contributed by atoms with Gasteiger partial charge in [-0.2, -0.15) is 0 Å². The molecule has 2 aromatic heterocycles. The molecule has 3 heterocycles. The third kappa shape index (κ3) is 3.06. The SMILES string of the molecule is Cc1ccc(C2C(C(=O)c3sc(C)nc3C)=C(O)C(=O)N2c2cccc(C)c2C)o1. The van der Waals surface area contributed by atoms with Crippen molar-refractivity contribution in [1.82, 2.24) is 4.98 Å². The van der Waals surface area contributed by atoms with Crippen LogP contribution in [0.3, 0.4) is 0 Å². The largest absolute Gasteiger partial charge is 0.503 e. The van der Waals surface area contributed by atoms with Gasteiger partial charge in [0.2, 0.25) is 5.78 Å². The fourth-order valence-electron chi connectivity index (χ4n) is 3.82. The molecule has 0 saturated heterocycles. The minimum Gasteiger partial charge on any atom is -0.503 e. The molecule has 30 heavy (non-hydrogen) atoms. The summed E-state index contributed by atoms with van der Waals surface area (Å²) in [5.41, 5.74) is 3.12. The maximum absolute atomic E-state index is 13.5. The van der Waals surface area contributed by atoms with Crippen LogP contribution in [0.5, 0.6) is 0 Å². The first-order valence-corrected chi connectivity index (χ1v) is 10.4. The highest BCUT2D eigenvalue weighted by molar-refractivity contribution is 7.14. The fraction of sp³-hybridized carbons (Fsp3) is 0.261. The lowest BCUT2D eigenvalue weighted by Crippen LogP contribution is -2.31. The first kappa shape index (κ1) is 20.1. The number of aliphatic hydroxyl groups excluding tert-OH is 1. The molecule has 1 N–H and O–H groups in total. The molecule has 3 aromatic rings. The normalized spacial score (nSPS) is 16.6. The van der Waals surface area contributed by atoms with Crippen molar-refractivity contribution in [3.8, 4) is 0 Å². The first-order valence-electron chi connectivity index (χ1n) is 9.58. The number of aromatic nitrogens is 1. The Kier molecular flexibility index (Phi) is 4.86. The van der Waals surface area contributed by atoms with Crippen LogP contribution in [0.25, 0.3) is 0 Å². The predicted molar refractivity (Wildman–Crippen MR) is 115 cm³/mol. The van der Waals surface area contributed by atoms with E-state index in [1.54, 1.807) is 26.0 Å². The van der Waals surface area contributed by atoms with E-state index in [-0.39, 0.29) is 5.57 Å². The fourth-order valence-corrected chi connectivity index (χ4v) is 4.69. The smallest absolute Gasteiger partial charge is 0.294 e. The zero-order valence-corrected chi connectivity index (χ0v) is 18.3. The van der Waals surface area contributed by atoms with Gasteiger partial charge in [0.25, 0.3) is 5.91 Å². The minimum absolute atomic E-state index is 0.0157. The molecule has 6 nitrogen and oxygen atoms in total. The Morgan fingerprint density at radius 3 is 2.47 bits per heavy atom. The lowest BCUT2D eigenvalue weighted by Gasteiger charge is -2.27. The maximum Gasteiger partial charge on any atom is 0.294 e. The molecule has 4 rings (SSSR count). The van der Waals surface area contributed by atoms with E-state index in [9.17, 15) is 14.7 Å². The monoisotopic (exact) mass is 422 g/mol. The average Bonchev–Trinajstić information content (AvgIpc) is 3.34. The number of carbonyl (C=O) groups excluding carboxylic acids is 2. The Bertz CT molecular complexity index is 1220. The van der Waals surface area contributed by atoms with Gasteiger partial charge in [0.1, 0.15) is 17.6 Å². The number of nitrogens with zero attached hydrogens (tertiary/aromatic N) is 2. The van der Waals surface area contributed by atoms with Gasteiger partial charge in [-0.15, -0.1) is 11.3 Å². The van der Waals surface area contributed by atoms with Crippen LogP contribution in [0.2, 0.25) is 0 Å². The van der Waals surface area contributed by atoms with Crippen LogP contribution in [-0.2, 0) is 4.79 Å². The molecule has 1 aliphatic rings. The highest BCUT2D eigenvalue weighted by Gasteiger charge is 2.47. The van der Waals surface area contributed by atoms with E-state index in [0.717, 1.165) is 16.1 Å². The maximum atomic E-state index is 13.5. The Morgan fingerprint density at radius 2 is 1.87 bits per heavy atom. The molecule has 1 atom stereocenters. The summed E-state index contributed by atoms with van der Waals surface area (Å²) in [7, 11) is 0. The van der Waals surface area contributed by atoms with Crippen molar-refractivity contribution < 1.29 is 19.1 Å². The summed E-state index contributed by atoms with van der Waals surface area (Å²) in [5, 5.41) is 11.6. The van der Waals surface area contributed by atoms with E-state index in [2.05, 4.69) is 4.98 Å². The van der Waals surface area contributed by atoms with Gasteiger partial charge < -0.3 is 9.52 Å². The molecule has 0 spiro atoms. The Balaban J connectivity index is 1.92. The van der Waals surface area contributed by atoms with Crippen LogP contribution >= 0.6 is 11.3 Å². The molecule has 0 fully saturated rings. The van der Waals surface area contributed by atoms with Crippen LogP contribution in [0.15, 0.2) is 46.1 Å². The van der Waals surface area contributed by atoms with Crippen LogP contribution < -0.4 is 4.90 Å². The molecular weight excluding hydrogens is 400 g/mol. The van der Waals surface area contributed by atoms with Gasteiger partial charge in [-0.05, 0) is 63.9 Å². The summed E-state index contributed by atoms with van der Waals surface area (Å²) < 4.78 is 5.83. The van der Waals surface area contributed by atoms with Crippen molar-refractivity contribution in [3.63, 3.8) is 0 Å². The number of furan rings is 1. The number of amides is 1. The standard InChI is InChI=1S/C23H22N2O4S/c1-11-7-6-8-16(13(11)3)25-19(17-10-9-12(2)29-17)18(21(27)23(25)28)20(26)22-14(4)24-15(5)30-22/h6-10,19,27H,1-5H3. The highest BCUT2D eigenvalue weighted by Crippen LogP contribution is 2.44. The van der Waals surface area contributed by atoms with Crippen molar-refractivity contribution in [2.45, 2.75) is 40.7 Å². The third-order valence-electron chi connectivity index (χ3n) is 5.43. The molecule has 154 valence electrons. The highest BCUT2D eigenvalue weighted by atomic mass is 32.1. The first-order chi connectivity index (χ1) is 14.2. The molecular formula is C23H22N2O4S. The molecule has 7 heteroatoms. The van der Waals surface area contributed by atoms with E-state index in [1.165, 1.54) is 16.2 Å². The number of hydrogen-bond acceptors (Lipinski definition) is 6. The second-order valence-electron chi connectivity index (χ2n) is 7.48. The second kappa shape index (κ2) is 7.25. The van der Waals surface area contributed by atoms with Gasteiger partial charge in [-0.1, -0.05) is 12.1 Å². The van der Waals surface area contributed by atoms with Crippen molar-refractivity contribution >= 4 is 28.7 Å².